The summed E-state index contributed by atoms with van der Waals surface area (Å²) in [4.78, 5) is 27.9. The number of hydrogen-bond acceptors (Lipinski definition) is 6. The van der Waals surface area contributed by atoms with E-state index in [1.54, 1.807) is 26.0 Å². The van der Waals surface area contributed by atoms with Gasteiger partial charge in [0.25, 0.3) is 0 Å². The molecule has 6 nitrogen and oxygen atoms in total. The van der Waals surface area contributed by atoms with Crippen LogP contribution in [-0.4, -0.2) is 36.7 Å². The molecule has 0 saturated heterocycles. The van der Waals surface area contributed by atoms with Gasteiger partial charge in [0.15, 0.2) is 5.69 Å². The van der Waals surface area contributed by atoms with Crippen LogP contribution in [0.15, 0.2) is 12.1 Å². The maximum Gasteiger partial charge on any atom is 0.357 e. The molecular formula is C14H15NO5. The number of carbonyl (C=O) groups excluding carboxylic acids is 2. The molecule has 20 heavy (non-hydrogen) atoms. The first-order chi connectivity index (χ1) is 9.67. The number of fused-ring (bicyclic) bond motifs is 1. The quantitative estimate of drug-likeness (QED) is 0.782. The summed E-state index contributed by atoms with van der Waals surface area (Å²) in [5.41, 5.74) is 0.630. The van der Waals surface area contributed by atoms with Crippen LogP contribution in [0, 0.1) is 0 Å². The number of carbonyl (C=O) groups is 2. The molecule has 1 aliphatic rings. The third-order valence-electron chi connectivity index (χ3n) is 2.59. The van der Waals surface area contributed by atoms with Gasteiger partial charge in [-0.25, -0.2) is 14.6 Å². The van der Waals surface area contributed by atoms with Crippen molar-refractivity contribution in [3.8, 4) is 5.88 Å². The van der Waals surface area contributed by atoms with Gasteiger partial charge < -0.3 is 14.2 Å². The fraction of sp³-hybridized carbons (Fsp3) is 0.357. The average Bonchev–Trinajstić information content (AvgIpc) is 2.46. The van der Waals surface area contributed by atoms with Gasteiger partial charge in [-0.3, -0.25) is 0 Å². The fourth-order valence-electron chi connectivity index (χ4n) is 1.77. The number of esters is 2. The SMILES string of the molecule is CCOC(=O)c1cc2c(nc1C(=O)OCC)OCC=C2. The van der Waals surface area contributed by atoms with Gasteiger partial charge >= 0.3 is 11.9 Å². The zero-order chi connectivity index (χ0) is 14.5. The van der Waals surface area contributed by atoms with Crippen LogP contribution in [0.5, 0.6) is 5.88 Å². The Bertz CT molecular complexity index is 565. The van der Waals surface area contributed by atoms with Crippen molar-refractivity contribution >= 4 is 18.0 Å². The fourth-order valence-corrected chi connectivity index (χ4v) is 1.77. The van der Waals surface area contributed by atoms with Crippen LogP contribution in [0.25, 0.3) is 6.08 Å². The number of hydrogen-bond donors (Lipinski definition) is 0. The van der Waals surface area contributed by atoms with Crippen molar-refractivity contribution in [2.24, 2.45) is 0 Å². The number of ether oxygens (including phenoxy) is 3. The van der Waals surface area contributed by atoms with Crippen LogP contribution in [0.3, 0.4) is 0 Å². The number of pyridine rings is 1. The summed E-state index contributed by atoms with van der Waals surface area (Å²) >= 11 is 0. The summed E-state index contributed by atoms with van der Waals surface area (Å²) in [5.74, 6) is -0.968. The summed E-state index contributed by atoms with van der Waals surface area (Å²) < 4.78 is 15.2. The van der Waals surface area contributed by atoms with E-state index in [1.165, 1.54) is 6.07 Å². The van der Waals surface area contributed by atoms with Gasteiger partial charge in [0.1, 0.15) is 6.61 Å². The first-order valence-electron chi connectivity index (χ1n) is 6.36. The second-order valence-electron chi connectivity index (χ2n) is 3.93. The van der Waals surface area contributed by atoms with Crippen molar-refractivity contribution in [3.05, 3.63) is 29.0 Å². The number of rotatable bonds is 4. The van der Waals surface area contributed by atoms with Crippen LogP contribution in [-0.2, 0) is 9.47 Å². The molecule has 0 amide bonds. The summed E-state index contributed by atoms with van der Waals surface area (Å²) in [6.07, 6.45) is 3.58. The lowest BCUT2D eigenvalue weighted by Crippen LogP contribution is -2.18. The molecule has 0 bridgehead atoms. The third-order valence-corrected chi connectivity index (χ3v) is 2.59. The molecule has 0 fully saturated rings. The first-order valence-corrected chi connectivity index (χ1v) is 6.36. The topological polar surface area (TPSA) is 74.7 Å². The summed E-state index contributed by atoms with van der Waals surface area (Å²) in [5, 5.41) is 0. The summed E-state index contributed by atoms with van der Waals surface area (Å²) in [6, 6.07) is 1.53. The standard InChI is InChI=1S/C14H15NO5/c1-3-18-13(16)10-8-9-6-5-7-20-12(9)15-11(10)14(17)19-4-2/h5-6,8H,3-4,7H2,1-2H3. The molecule has 0 spiro atoms. The highest BCUT2D eigenvalue weighted by Gasteiger charge is 2.24. The van der Waals surface area contributed by atoms with Crippen LogP contribution < -0.4 is 4.74 Å². The van der Waals surface area contributed by atoms with Gasteiger partial charge in [0.2, 0.25) is 5.88 Å². The minimum Gasteiger partial charge on any atom is -0.473 e. The maximum absolute atomic E-state index is 11.9. The molecule has 1 aromatic rings. The molecule has 0 N–H and O–H groups in total. The largest absolute Gasteiger partial charge is 0.473 e. The lowest BCUT2D eigenvalue weighted by atomic mass is 10.1. The van der Waals surface area contributed by atoms with E-state index in [-0.39, 0.29) is 24.5 Å². The highest BCUT2D eigenvalue weighted by molar-refractivity contribution is 6.02. The van der Waals surface area contributed by atoms with E-state index in [0.717, 1.165) is 0 Å². The molecule has 2 heterocycles. The van der Waals surface area contributed by atoms with E-state index >= 15 is 0 Å². The molecule has 0 saturated carbocycles. The van der Waals surface area contributed by atoms with Gasteiger partial charge in [-0.1, -0.05) is 6.08 Å². The van der Waals surface area contributed by atoms with Crippen LogP contribution in [0.2, 0.25) is 0 Å². The molecule has 0 aliphatic carbocycles. The van der Waals surface area contributed by atoms with E-state index in [4.69, 9.17) is 14.2 Å². The van der Waals surface area contributed by atoms with E-state index in [0.29, 0.717) is 18.1 Å². The average molecular weight is 277 g/mol. The molecule has 0 radical (unpaired) electrons. The zero-order valence-corrected chi connectivity index (χ0v) is 11.3. The predicted molar refractivity (Wildman–Crippen MR) is 70.7 cm³/mol. The molecule has 1 aromatic heterocycles. The number of nitrogens with zero attached hydrogens (tertiary/aromatic N) is 1. The highest BCUT2D eigenvalue weighted by Crippen LogP contribution is 2.25. The van der Waals surface area contributed by atoms with Crippen molar-refractivity contribution in [2.75, 3.05) is 19.8 Å². The van der Waals surface area contributed by atoms with E-state index in [9.17, 15) is 9.59 Å². The first kappa shape index (κ1) is 14.0. The van der Waals surface area contributed by atoms with Crippen molar-refractivity contribution < 1.29 is 23.8 Å². The van der Waals surface area contributed by atoms with E-state index in [1.807, 2.05) is 0 Å². The molecule has 6 heteroatoms. The molecule has 0 atom stereocenters. The van der Waals surface area contributed by atoms with Crippen LogP contribution in [0.1, 0.15) is 40.3 Å². The zero-order valence-electron chi connectivity index (χ0n) is 11.3. The molecule has 106 valence electrons. The summed E-state index contributed by atoms with van der Waals surface area (Å²) in [7, 11) is 0. The summed E-state index contributed by atoms with van der Waals surface area (Å²) in [6.45, 7) is 4.16. The van der Waals surface area contributed by atoms with Gasteiger partial charge in [-0.2, -0.15) is 0 Å². The molecule has 0 aromatic carbocycles. The number of aromatic nitrogens is 1. The lowest BCUT2D eigenvalue weighted by Gasteiger charge is -2.14. The molecule has 0 unspecified atom stereocenters. The molecule has 1 aliphatic heterocycles. The Balaban J connectivity index is 2.48. The van der Waals surface area contributed by atoms with Crippen molar-refractivity contribution in [2.45, 2.75) is 13.8 Å². The minimum absolute atomic E-state index is 0.0826. The molecule has 2 rings (SSSR count). The molecular weight excluding hydrogens is 262 g/mol. The minimum atomic E-state index is -0.670. The van der Waals surface area contributed by atoms with Crippen molar-refractivity contribution in [1.29, 1.82) is 0 Å². The smallest absolute Gasteiger partial charge is 0.357 e. The Kier molecular flexibility index (Phi) is 4.34. The second-order valence-corrected chi connectivity index (χ2v) is 3.93. The second kappa shape index (κ2) is 6.18. The highest BCUT2D eigenvalue weighted by atomic mass is 16.5. The van der Waals surface area contributed by atoms with Gasteiger partial charge in [-0.05, 0) is 26.0 Å². The van der Waals surface area contributed by atoms with Gasteiger partial charge in [-0.15, -0.1) is 0 Å². The van der Waals surface area contributed by atoms with Crippen LogP contribution in [0.4, 0.5) is 0 Å². The monoisotopic (exact) mass is 277 g/mol. The maximum atomic E-state index is 11.9. The Morgan fingerprint density at radius 3 is 2.65 bits per heavy atom. The van der Waals surface area contributed by atoms with Crippen LogP contribution >= 0.6 is 0 Å². The third kappa shape index (κ3) is 2.79. The predicted octanol–water partition coefficient (Wildman–Crippen LogP) is 1.84. The van der Waals surface area contributed by atoms with Crippen molar-refractivity contribution in [3.63, 3.8) is 0 Å². The lowest BCUT2D eigenvalue weighted by molar-refractivity contribution is 0.0472. The Labute approximate surface area is 116 Å². The Morgan fingerprint density at radius 1 is 1.25 bits per heavy atom. The Hall–Kier alpha value is -2.37. The van der Waals surface area contributed by atoms with Gasteiger partial charge in [0.05, 0.1) is 18.8 Å². The van der Waals surface area contributed by atoms with Gasteiger partial charge in [0, 0.05) is 5.56 Å². The van der Waals surface area contributed by atoms with E-state index < -0.39 is 11.9 Å². The Morgan fingerprint density at radius 2 is 1.95 bits per heavy atom. The van der Waals surface area contributed by atoms with Crippen molar-refractivity contribution in [1.82, 2.24) is 4.98 Å². The normalized spacial score (nSPS) is 12.3. The van der Waals surface area contributed by atoms with E-state index in [2.05, 4.69) is 4.98 Å².